The molecule has 4 nitrogen and oxygen atoms in total. The number of unbranched alkanes of at least 4 members (excludes halogenated alkanes) is 17. The van der Waals surface area contributed by atoms with Crippen LogP contribution in [-0.2, 0) is 9.53 Å². The molecule has 0 aliphatic rings. The maximum Gasteiger partial charge on any atom is 0.305 e. The van der Waals surface area contributed by atoms with Gasteiger partial charge in [0.25, 0.3) is 0 Å². The van der Waals surface area contributed by atoms with Crippen molar-refractivity contribution in [1.29, 1.82) is 0 Å². The number of ether oxygens (including phenoxy) is 1. The van der Waals surface area contributed by atoms with E-state index in [9.17, 15) is 4.79 Å². The second-order valence-corrected chi connectivity index (χ2v) is 8.98. The first-order valence-electron chi connectivity index (χ1n) is 13.3. The summed E-state index contributed by atoms with van der Waals surface area (Å²) in [6.45, 7) is 1.80. The molecule has 0 aliphatic heterocycles. The molecule has 4 heteroatoms. The molecule has 0 saturated heterocycles. The first-order chi connectivity index (χ1) is 15.2. The smallest absolute Gasteiger partial charge is 0.305 e. The van der Waals surface area contributed by atoms with Gasteiger partial charge in [0.2, 0.25) is 0 Å². The lowest BCUT2D eigenvalue weighted by Crippen LogP contribution is -2.21. The third kappa shape index (κ3) is 25.3. The summed E-state index contributed by atoms with van der Waals surface area (Å²) < 4.78 is 4.89. The summed E-state index contributed by atoms with van der Waals surface area (Å²) in [6.07, 6.45) is 28.9. The van der Waals surface area contributed by atoms with Crippen molar-refractivity contribution in [2.45, 2.75) is 141 Å². The zero-order chi connectivity index (χ0) is 22.8. The van der Waals surface area contributed by atoms with Crippen molar-refractivity contribution in [1.82, 2.24) is 0 Å². The van der Waals surface area contributed by atoms with Gasteiger partial charge in [-0.1, -0.05) is 109 Å². The van der Waals surface area contributed by atoms with Gasteiger partial charge < -0.3 is 14.9 Å². The molecule has 2 N–H and O–H groups in total. The van der Waals surface area contributed by atoms with Gasteiger partial charge in [0, 0.05) is 6.42 Å². The largest absolute Gasteiger partial charge is 0.463 e. The van der Waals surface area contributed by atoms with Gasteiger partial charge in [0.15, 0.2) is 0 Å². The van der Waals surface area contributed by atoms with Crippen LogP contribution in [0, 0.1) is 0 Å². The summed E-state index contributed by atoms with van der Waals surface area (Å²) in [6, 6.07) is 0. The number of carbonyl (C=O) groups excluding carboxylic acids is 1. The van der Waals surface area contributed by atoms with E-state index in [0.717, 1.165) is 12.8 Å². The van der Waals surface area contributed by atoms with Crippen molar-refractivity contribution >= 4 is 5.97 Å². The van der Waals surface area contributed by atoms with E-state index >= 15 is 0 Å². The first kappa shape index (κ1) is 30.1. The monoisotopic (exact) mass is 440 g/mol. The van der Waals surface area contributed by atoms with Gasteiger partial charge in [0.05, 0.1) is 6.61 Å². The molecule has 0 aromatic heterocycles. The zero-order valence-corrected chi connectivity index (χ0v) is 20.5. The van der Waals surface area contributed by atoms with Crippen LogP contribution in [0.15, 0.2) is 12.2 Å². The van der Waals surface area contributed by atoms with E-state index in [1.807, 2.05) is 0 Å². The number of aliphatic hydroxyl groups is 2. The molecular formula is C27H52O4. The third-order valence-corrected chi connectivity index (χ3v) is 5.79. The molecule has 0 aromatic rings. The Morgan fingerprint density at radius 1 is 0.710 bits per heavy atom. The van der Waals surface area contributed by atoms with Crippen molar-refractivity contribution in [3.05, 3.63) is 12.2 Å². The second kappa shape index (κ2) is 25.4. The molecule has 0 amide bonds. The van der Waals surface area contributed by atoms with Crippen LogP contribution in [0.1, 0.15) is 135 Å². The molecule has 1 atom stereocenters. The topological polar surface area (TPSA) is 66.8 Å². The highest BCUT2D eigenvalue weighted by Gasteiger charge is 2.07. The van der Waals surface area contributed by atoms with E-state index in [-0.39, 0.29) is 19.2 Å². The van der Waals surface area contributed by atoms with Crippen LogP contribution >= 0.6 is 0 Å². The first-order valence-corrected chi connectivity index (χ1v) is 13.3. The SMILES string of the molecule is CCCCCCCC/C=C/CCCCCCCCCCCCCC(=O)OCC(O)CO. The maximum absolute atomic E-state index is 11.4. The number of hydrogen-bond donors (Lipinski definition) is 2. The maximum atomic E-state index is 11.4. The minimum Gasteiger partial charge on any atom is -0.463 e. The standard InChI is InChI=1S/C27H52O4/c1-2-3-4-5-6-7-8-9-10-11-12-13-14-15-16-17-18-19-20-21-22-23-27(30)31-25-26(29)24-28/h9-10,26,28-29H,2-8,11-25H2,1H3/b10-9+. The normalized spacial score (nSPS) is 12.5. The lowest BCUT2D eigenvalue weighted by molar-refractivity contribution is -0.147. The summed E-state index contributed by atoms with van der Waals surface area (Å²) in [5.74, 6) is -0.277. The molecule has 184 valence electrons. The van der Waals surface area contributed by atoms with Gasteiger partial charge in [0.1, 0.15) is 12.7 Å². The highest BCUT2D eigenvalue weighted by Crippen LogP contribution is 2.13. The fraction of sp³-hybridized carbons (Fsp3) is 0.889. The molecular weight excluding hydrogens is 388 g/mol. The van der Waals surface area contributed by atoms with Crippen molar-refractivity contribution in [3.8, 4) is 0 Å². The summed E-state index contributed by atoms with van der Waals surface area (Å²) in [5, 5.41) is 17.8. The van der Waals surface area contributed by atoms with Crippen LogP contribution in [0.25, 0.3) is 0 Å². The second-order valence-electron chi connectivity index (χ2n) is 8.98. The molecule has 0 spiro atoms. The van der Waals surface area contributed by atoms with Crippen LogP contribution in [0.4, 0.5) is 0 Å². The van der Waals surface area contributed by atoms with E-state index < -0.39 is 6.10 Å². The van der Waals surface area contributed by atoms with Crippen LogP contribution in [0.5, 0.6) is 0 Å². The van der Waals surface area contributed by atoms with Gasteiger partial charge >= 0.3 is 5.97 Å². The summed E-state index contributed by atoms with van der Waals surface area (Å²) in [5.41, 5.74) is 0. The average Bonchev–Trinajstić information content (AvgIpc) is 2.78. The van der Waals surface area contributed by atoms with E-state index in [1.54, 1.807) is 0 Å². The molecule has 0 fully saturated rings. The quantitative estimate of drug-likeness (QED) is 0.0941. The summed E-state index contributed by atoms with van der Waals surface area (Å²) in [7, 11) is 0. The third-order valence-electron chi connectivity index (χ3n) is 5.79. The average molecular weight is 441 g/mol. The van der Waals surface area contributed by atoms with Gasteiger partial charge in [-0.05, 0) is 32.1 Å². The highest BCUT2D eigenvalue weighted by atomic mass is 16.5. The van der Waals surface area contributed by atoms with E-state index in [4.69, 9.17) is 14.9 Å². The Balaban J connectivity index is 3.17. The Morgan fingerprint density at radius 3 is 1.58 bits per heavy atom. The number of hydrogen-bond acceptors (Lipinski definition) is 4. The predicted molar refractivity (Wildman–Crippen MR) is 131 cm³/mol. The molecule has 1 unspecified atom stereocenters. The van der Waals surface area contributed by atoms with Crippen molar-refractivity contribution in [3.63, 3.8) is 0 Å². The predicted octanol–water partition coefficient (Wildman–Crippen LogP) is 7.26. The van der Waals surface area contributed by atoms with Crippen LogP contribution in [0.2, 0.25) is 0 Å². The number of aliphatic hydroxyl groups excluding tert-OH is 2. The Morgan fingerprint density at radius 2 is 1.13 bits per heavy atom. The van der Waals surface area contributed by atoms with Crippen molar-refractivity contribution in [2.24, 2.45) is 0 Å². The molecule has 0 aliphatic carbocycles. The summed E-state index contributed by atoms with van der Waals surface area (Å²) in [4.78, 5) is 11.4. The van der Waals surface area contributed by atoms with Gasteiger partial charge in [-0.15, -0.1) is 0 Å². The van der Waals surface area contributed by atoms with Gasteiger partial charge in [-0.25, -0.2) is 0 Å². The molecule has 0 saturated carbocycles. The Labute approximate surface area is 192 Å². The van der Waals surface area contributed by atoms with Crippen molar-refractivity contribution < 1.29 is 19.7 Å². The Kier molecular flexibility index (Phi) is 24.7. The molecule has 0 heterocycles. The molecule has 0 radical (unpaired) electrons. The van der Waals surface area contributed by atoms with E-state index in [1.165, 1.54) is 109 Å². The Hall–Kier alpha value is -0.870. The van der Waals surface area contributed by atoms with Crippen LogP contribution in [0.3, 0.4) is 0 Å². The fourth-order valence-corrected chi connectivity index (χ4v) is 3.71. The molecule has 0 rings (SSSR count). The van der Waals surface area contributed by atoms with Crippen molar-refractivity contribution in [2.75, 3.05) is 13.2 Å². The molecule has 31 heavy (non-hydrogen) atoms. The molecule has 0 bridgehead atoms. The number of esters is 1. The lowest BCUT2D eigenvalue weighted by atomic mass is 10.0. The van der Waals surface area contributed by atoms with Gasteiger partial charge in [-0.2, -0.15) is 0 Å². The number of allylic oxidation sites excluding steroid dienone is 2. The van der Waals surface area contributed by atoms with E-state index in [2.05, 4.69) is 19.1 Å². The Bertz CT molecular complexity index is 395. The van der Waals surface area contributed by atoms with Gasteiger partial charge in [-0.3, -0.25) is 4.79 Å². The van der Waals surface area contributed by atoms with Crippen LogP contribution < -0.4 is 0 Å². The fourth-order valence-electron chi connectivity index (χ4n) is 3.71. The lowest BCUT2D eigenvalue weighted by Gasteiger charge is -2.08. The van der Waals surface area contributed by atoms with Crippen LogP contribution in [-0.4, -0.2) is 35.5 Å². The minimum atomic E-state index is -0.958. The number of rotatable bonds is 24. The minimum absolute atomic E-state index is 0.106. The number of carbonyl (C=O) groups is 1. The van der Waals surface area contributed by atoms with E-state index in [0.29, 0.717) is 6.42 Å². The zero-order valence-electron chi connectivity index (χ0n) is 20.5. The molecule has 0 aromatic carbocycles. The summed E-state index contributed by atoms with van der Waals surface area (Å²) >= 11 is 0. The highest BCUT2D eigenvalue weighted by molar-refractivity contribution is 5.69.